The zero-order valence-electron chi connectivity index (χ0n) is 9.28. The number of fused-ring (bicyclic) bond motifs is 1. The SMILES string of the molecule is Cl.NC(N)=NCc1ccc2c(c1)CCCC2. The molecule has 1 aromatic rings. The molecule has 0 radical (unpaired) electrons. The van der Waals surface area contributed by atoms with Crippen LogP contribution in [0.5, 0.6) is 0 Å². The maximum atomic E-state index is 5.31. The van der Waals surface area contributed by atoms with Gasteiger partial charge in [-0.15, -0.1) is 12.4 Å². The highest BCUT2D eigenvalue weighted by atomic mass is 35.5. The van der Waals surface area contributed by atoms with E-state index in [1.807, 2.05) is 0 Å². The van der Waals surface area contributed by atoms with Crippen LogP contribution in [0, 0.1) is 0 Å². The molecule has 0 aromatic heterocycles. The van der Waals surface area contributed by atoms with E-state index in [0.29, 0.717) is 6.54 Å². The Hall–Kier alpha value is -1.22. The molecule has 0 spiro atoms. The molecule has 0 aliphatic heterocycles. The quantitative estimate of drug-likeness (QED) is 0.610. The highest BCUT2D eigenvalue weighted by Crippen LogP contribution is 2.22. The lowest BCUT2D eigenvalue weighted by atomic mass is 9.90. The number of hydrogen-bond acceptors (Lipinski definition) is 1. The number of nitrogens with zero attached hydrogens (tertiary/aromatic N) is 1. The maximum absolute atomic E-state index is 5.31. The standard InChI is InChI=1S/C12H17N3.ClH/c13-12(14)15-8-9-5-6-10-3-1-2-4-11(10)7-9;/h5-7H,1-4,8H2,(H4,13,14,15);1H. The van der Waals surface area contributed by atoms with Crippen LogP contribution in [-0.4, -0.2) is 5.96 Å². The minimum Gasteiger partial charge on any atom is -0.370 e. The van der Waals surface area contributed by atoms with Gasteiger partial charge in [0.15, 0.2) is 5.96 Å². The Morgan fingerprint density at radius 2 is 1.81 bits per heavy atom. The first-order valence-electron chi connectivity index (χ1n) is 5.42. The van der Waals surface area contributed by atoms with E-state index < -0.39 is 0 Å². The Bertz CT molecular complexity index is 384. The van der Waals surface area contributed by atoms with Gasteiger partial charge in [-0.3, -0.25) is 0 Å². The van der Waals surface area contributed by atoms with Crippen LogP contribution in [0.3, 0.4) is 0 Å². The van der Waals surface area contributed by atoms with Gasteiger partial charge in [-0.2, -0.15) is 0 Å². The van der Waals surface area contributed by atoms with Crippen molar-refractivity contribution < 1.29 is 0 Å². The first-order valence-corrected chi connectivity index (χ1v) is 5.42. The van der Waals surface area contributed by atoms with Gasteiger partial charge < -0.3 is 11.5 Å². The third-order valence-electron chi connectivity index (χ3n) is 2.86. The molecule has 16 heavy (non-hydrogen) atoms. The molecule has 2 rings (SSSR count). The molecule has 0 unspecified atom stereocenters. The minimum absolute atomic E-state index is 0. The lowest BCUT2D eigenvalue weighted by molar-refractivity contribution is 0.684. The van der Waals surface area contributed by atoms with Crippen LogP contribution in [0.4, 0.5) is 0 Å². The van der Waals surface area contributed by atoms with Crippen molar-refractivity contribution in [2.45, 2.75) is 32.2 Å². The lowest BCUT2D eigenvalue weighted by Crippen LogP contribution is -2.22. The van der Waals surface area contributed by atoms with Crippen molar-refractivity contribution in [3.05, 3.63) is 34.9 Å². The Morgan fingerprint density at radius 1 is 1.12 bits per heavy atom. The molecular formula is C12H18ClN3. The molecule has 0 heterocycles. The molecule has 0 amide bonds. The molecule has 4 N–H and O–H groups in total. The molecule has 4 heteroatoms. The Morgan fingerprint density at radius 3 is 2.50 bits per heavy atom. The second kappa shape index (κ2) is 5.75. The molecule has 88 valence electrons. The summed E-state index contributed by atoms with van der Waals surface area (Å²) < 4.78 is 0. The largest absolute Gasteiger partial charge is 0.370 e. The van der Waals surface area contributed by atoms with Crippen LogP contribution in [0.25, 0.3) is 0 Å². The molecule has 3 nitrogen and oxygen atoms in total. The van der Waals surface area contributed by atoms with Gasteiger partial charge in [-0.25, -0.2) is 4.99 Å². The van der Waals surface area contributed by atoms with E-state index in [1.165, 1.54) is 42.4 Å². The summed E-state index contributed by atoms with van der Waals surface area (Å²) in [5, 5.41) is 0. The minimum atomic E-state index is 0. The van der Waals surface area contributed by atoms with Crippen LogP contribution >= 0.6 is 12.4 Å². The monoisotopic (exact) mass is 239 g/mol. The van der Waals surface area contributed by atoms with Crippen molar-refractivity contribution in [2.75, 3.05) is 0 Å². The van der Waals surface area contributed by atoms with Crippen LogP contribution in [0.15, 0.2) is 23.2 Å². The van der Waals surface area contributed by atoms with Crippen LogP contribution < -0.4 is 11.5 Å². The second-order valence-corrected chi connectivity index (χ2v) is 4.05. The first kappa shape index (κ1) is 12.8. The predicted octanol–water partition coefficient (Wildman–Crippen LogP) is 1.76. The van der Waals surface area contributed by atoms with E-state index >= 15 is 0 Å². The van der Waals surface area contributed by atoms with Crippen LogP contribution in [0.1, 0.15) is 29.5 Å². The average Bonchev–Trinajstić information content (AvgIpc) is 2.26. The molecule has 0 fully saturated rings. The van der Waals surface area contributed by atoms with E-state index in [4.69, 9.17) is 11.5 Å². The molecule has 1 aliphatic carbocycles. The smallest absolute Gasteiger partial charge is 0.186 e. The summed E-state index contributed by atoms with van der Waals surface area (Å²) in [4.78, 5) is 4.02. The Balaban J connectivity index is 0.00000128. The van der Waals surface area contributed by atoms with Gasteiger partial charge in [0, 0.05) is 0 Å². The fourth-order valence-electron chi connectivity index (χ4n) is 2.07. The average molecular weight is 240 g/mol. The molecule has 0 atom stereocenters. The number of aliphatic imine (C=N–C) groups is 1. The Kier molecular flexibility index (Phi) is 4.62. The van der Waals surface area contributed by atoms with E-state index in [-0.39, 0.29) is 18.4 Å². The van der Waals surface area contributed by atoms with Crippen molar-refractivity contribution >= 4 is 18.4 Å². The molecule has 1 aliphatic rings. The van der Waals surface area contributed by atoms with Crippen molar-refractivity contribution in [2.24, 2.45) is 16.5 Å². The number of guanidine groups is 1. The third kappa shape index (κ3) is 3.14. The highest BCUT2D eigenvalue weighted by molar-refractivity contribution is 5.85. The van der Waals surface area contributed by atoms with Gasteiger partial charge >= 0.3 is 0 Å². The number of aryl methyl sites for hydroxylation is 2. The van der Waals surface area contributed by atoms with E-state index in [2.05, 4.69) is 23.2 Å². The predicted molar refractivity (Wildman–Crippen MR) is 69.8 cm³/mol. The summed E-state index contributed by atoms with van der Waals surface area (Å²) in [7, 11) is 0. The van der Waals surface area contributed by atoms with Gasteiger partial charge in [0.25, 0.3) is 0 Å². The number of rotatable bonds is 2. The summed E-state index contributed by atoms with van der Waals surface area (Å²) in [5.74, 6) is 0.160. The highest BCUT2D eigenvalue weighted by Gasteiger charge is 2.08. The first-order chi connectivity index (χ1) is 7.25. The number of halogens is 1. The summed E-state index contributed by atoms with van der Waals surface area (Å²) in [6.45, 7) is 0.593. The van der Waals surface area contributed by atoms with Crippen LogP contribution in [0.2, 0.25) is 0 Å². The third-order valence-corrected chi connectivity index (χ3v) is 2.86. The van der Waals surface area contributed by atoms with Crippen molar-refractivity contribution in [1.29, 1.82) is 0 Å². The van der Waals surface area contributed by atoms with Crippen molar-refractivity contribution in [3.63, 3.8) is 0 Å². The molecule has 0 saturated heterocycles. The summed E-state index contributed by atoms with van der Waals surface area (Å²) >= 11 is 0. The number of benzene rings is 1. The van der Waals surface area contributed by atoms with Gasteiger partial charge in [0.05, 0.1) is 6.54 Å². The topological polar surface area (TPSA) is 64.4 Å². The Labute approximate surface area is 102 Å². The van der Waals surface area contributed by atoms with Gasteiger partial charge in [-0.05, 0) is 42.4 Å². The van der Waals surface area contributed by atoms with Crippen molar-refractivity contribution in [3.8, 4) is 0 Å². The molecule has 1 aromatic carbocycles. The van der Waals surface area contributed by atoms with Crippen molar-refractivity contribution in [1.82, 2.24) is 0 Å². The van der Waals surface area contributed by atoms with Gasteiger partial charge in [0.1, 0.15) is 0 Å². The zero-order chi connectivity index (χ0) is 10.7. The zero-order valence-corrected chi connectivity index (χ0v) is 10.1. The normalized spacial score (nSPS) is 13.5. The maximum Gasteiger partial charge on any atom is 0.186 e. The summed E-state index contributed by atoms with van der Waals surface area (Å²) in [5.41, 5.74) is 14.8. The summed E-state index contributed by atoms with van der Waals surface area (Å²) in [6, 6.07) is 6.57. The fraction of sp³-hybridized carbons (Fsp3) is 0.417. The van der Waals surface area contributed by atoms with E-state index in [9.17, 15) is 0 Å². The van der Waals surface area contributed by atoms with Crippen LogP contribution in [-0.2, 0) is 19.4 Å². The second-order valence-electron chi connectivity index (χ2n) is 4.05. The van der Waals surface area contributed by atoms with Gasteiger partial charge in [-0.1, -0.05) is 18.2 Å². The lowest BCUT2D eigenvalue weighted by Gasteiger charge is -2.16. The number of hydrogen-bond donors (Lipinski definition) is 2. The van der Waals surface area contributed by atoms with E-state index in [0.717, 1.165) is 0 Å². The molecule has 0 bridgehead atoms. The fourth-order valence-corrected chi connectivity index (χ4v) is 2.07. The number of nitrogens with two attached hydrogens (primary N) is 2. The van der Waals surface area contributed by atoms with Gasteiger partial charge in [0.2, 0.25) is 0 Å². The molecule has 0 saturated carbocycles. The van der Waals surface area contributed by atoms with E-state index in [1.54, 1.807) is 0 Å². The summed E-state index contributed by atoms with van der Waals surface area (Å²) in [6.07, 6.45) is 5.04. The molecular weight excluding hydrogens is 222 g/mol.